The minimum atomic E-state index is -0.380. The summed E-state index contributed by atoms with van der Waals surface area (Å²) in [6.07, 6.45) is 0. The van der Waals surface area contributed by atoms with Crippen LogP contribution in [-0.2, 0) is 9.59 Å². The Balaban J connectivity index is 1.88. The number of hydrogen-bond donors (Lipinski definition) is 2. The number of rotatable bonds is 4. The first kappa shape index (κ1) is 17.8. The molecule has 25 heavy (non-hydrogen) atoms. The molecule has 0 spiro atoms. The van der Waals surface area contributed by atoms with Gasteiger partial charge in [0.05, 0.1) is 12.0 Å². The van der Waals surface area contributed by atoms with E-state index >= 15 is 0 Å². The fraction of sp³-hybridized carbons (Fsp3) is 0.263. The zero-order chi connectivity index (χ0) is 18.0. The van der Waals surface area contributed by atoms with E-state index in [1.54, 1.807) is 31.2 Å². The quantitative estimate of drug-likeness (QED) is 0.856. The van der Waals surface area contributed by atoms with Crippen molar-refractivity contribution in [2.45, 2.75) is 13.0 Å². The highest BCUT2D eigenvalue weighted by atomic mass is 35.5. The smallest absolute Gasteiger partial charge is 0.226 e. The second kappa shape index (κ2) is 7.46. The first-order chi connectivity index (χ1) is 12.0. The number of hydrogen-bond acceptors (Lipinski definition) is 2. The molecule has 0 bridgehead atoms. The van der Waals surface area contributed by atoms with Gasteiger partial charge in [0.25, 0.3) is 0 Å². The van der Waals surface area contributed by atoms with E-state index in [-0.39, 0.29) is 29.7 Å². The standard InChI is InChI=1S/C19H18Cl2N2O2/c1-11-16(10-22-18(11)24)19(25)23-17(12-2-6-14(20)7-3-12)13-4-8-15(21)9-5-13/h2-9,11,16-17H,10H2,1H3,(H,22,24)(H,23,25)/t11?,16-/m0/s1. The zero-order valence-electron chi connectivity index (χ0n) is 13.6. The maximum absolute atomic E-state index is 12.7. The molecule has 130 valence electrons. The molecule has 1 fully saturated rings. The molecule has 0 aromatic heterocycles. The van der Waals surface area contributed by atoms with Crippen molar-refractivity contribution in [3.05, 3.63) is 69.7 Å². The van der Waals surface area contributed by atoms with Gasteiger partial charge >= 0.3 is 0 Å². The highest BCUT2D eigenvalue weighted by Crippen LogP contribution is 2.26. The summed E-state index contributed by atoms with van der Waals surface area (Å²) in [7, 11) is 0. The molecule has 0 saturated carbocycles. The lowest BCUT2D eigenvalue weighted by Gasteiger charge is -2.23. The van der Waals surface area contributed by atoms with Crippen molar-refractivity contribution >= 4 is 35.0 Å². The highest BCUT2D eigenvalue weighted by Gasteiger charge is 2.36. The molecule has 0 aliphatic carbocycles. The SMILES string of the molecule is CC1C(=O)NC[C@@H]1C(=O)NC(c1ccc(Cl)cc1)c1ccc(Cl)cc1. The predicted octanol–water partition coefficient (Wildman–Crippen LogP) is 3.58. The Morgan fingerprint density at radius 1 is 1.04 bits per heavy atom. The van der Waals surface area contributed by atoms with Gasteiger partial charge < -0.3 is 10.6 Å². The summed E-state index contributed by atoms with van der Waals surface area (Å²) in [4.78, 5) is 24.4. The Kier molecular flexibility index (Phi) is 5.30. The topological polar surface area (TPSA) is 58.2 Å². The average Bonchev–Trinajstić information content (AvgIpc) is 2.94. The van der Waals surface area contributed by atoms with Crippen LogP contribution in [0, 0.1) is 11.8 Å². The Morgan fingerprint density at radius 2 is 1.52 bits per heavy atom. The van der Waals surface area contributed by atoms with Crippen molar-refractivity contribution < 1.29 is 9.59 Å². The predicted molar refractivity (Wildman–Crippen MR) is 98.6 cm³/mol. The van der Waals surface area contributed by atoms with Gasteiger partial charge in [0.1, 0.15) is 0 Å². The summed E-state index contributed by atoms with van der Waals surface area (Å²) in [5.41, 5.74) is 1.81. The van der Waals surface area contributed by atoms with E-state index in [1.165, 1.54) is 0 Å². The zero-order valence-corrected chi connectivity index (χ0v) is 15.1. The summed E-state index contributed by atoms with van der Waals surface area (Å²) in [5.74, 6) is -0.957. The van der Waals surface area contributed by atoms with Crippen LogP contribution in [-0.4, -0.2) is 18.4 Å². The van der Waals surface area contributed by atoms with E-state index in [0.29, 0.717) is 16.6 Å². The van der Waals surface area contributed by atoms with E-state index in [9.17, 15) is 9.59 Å². The molecule has 1 unspecified atom stereocenters. The van der Waals surface area contributed by atoms with Crippen LogP contribution in [0.1, 0.15) is 24.1 Å². The second-order valence-electron chi connectivity index (χ2n) is 6.19. The van der Waals surface area contributed by atoms with Gasteiger partial charge in [-0.05, 0) is 35.4 Å². The largest absolute Gasteiger partial charge is 0.355 e. The normalized spacial score (nSPS) is 19.8. The van der Waals surface area contributed by atoms with Gasteiger partial charge in [-0.25, -0.2) is 0 Å². The van der Waals surface area contributed by atoms with Crippen LogP contribution in [0.2, 0.25) is 10.0 Å². The molecule has 3 rings (SSSR count). The van der Waals surface area contributed by atoms with Gasteiger partial charge in [0, 0.05) is 22.5 Å². The first-order valence-electron chi connectivity index (χ1n) is 8.04. The molecule has 6 heteroatoms. The third-order valence-electron chi connectivity index (χ3n) is 4.54. The fourth-order valence-corrected chi connectivity index (χ4v) is 3.22. The van der Waals surface area contributed by atoms with Gasteiger partial charge in [-0.3, -0.25) is 9.59 Å². The summed E-state index contributed by atoms with van der Waals surface area (Å²) >= 11 is 12.0. The van der Waals surface area contributed by atoms with Crippen molar-refractivity contribution in [1.29, 1.82) is 0 Å². The molecule has 2 atom stereocenters. The third-order valence-corrected chi connectivity index (χ3v) is 5.05. The number of halogens is 2. The van der Waals surface area contributed by atoms with E-state index in [1.807, 2.05) is 24.3 Å². The van der Waals surface area contributed by atoms with Crippen molar-refractivity contribution in [2.24, 2.45) is 11.8 Å². The number of nitrogens with one attached hydrogen (secondary N) is 2. The van der Waals surface area contributed by atoms with Crippen LogP contribution in [0.25, 0.3) is 0 Å². The van der Waals surface area contributed by atoms with Gasteiger partial charge in [-0.2, -0.15) is 0 Å². The van der Waals surface area contributed by atoms with Crippen LogP contribution in [0.15, 0.2) is 48.5 Å². The summed E-state index contributed by atoms with van der Waals surface area (Å²) < 4.78 is 0. The van der Waals surface area contributed by atoms with Crippen molar-refractivity contribution in [2.75, 3.05) is 6.54 Å². The molecule has 1 aliphatic heterocycles. The number of amides is 2. The summed E-state index contributed by atoms with van der Waals surface area (Å²) in [6, 6.07) is 14.3. The van der Waals surface area contributed by atoms with Crippen LogP contribution in [0.3, 0.4) is 0 Å². The monoisotopic (exact) mass is 376 g/mol. The Hall–Kier alpha value is -2.04. The Morgan fingerprint density at radius 3 is 1.92 bits per heavy atom. The van der Waals surface area contributed by atoms with Crippen LogP contribution >= 0.6 is 23.2 Å². The minimum Gasteiger partial charge on any atom is -0.355 e. The van der Waals surface area contributed by atoms with Crippen molar-refractivity contribution in [3.63, 3.8) is 0 Å². The fourth-order valence-electron chi connectivity index (χ4n) is 2.97. The summed E-state index contributed by atoms with van der Waals surface area (Å²) in [5, 5.41) is 7.06. The van der Waals surface area contributed by atoms with Gasteiger partial charge in [-0.1, -0.05) is 54.4 Å². The molecule has 2 N–H and O–H groups in total. The number of carbonyl (C=O) groups is 2. The number of carbonyl (C=O) groups excluding carboxylic acids is 2. The van der Waals surface area contributed by atoms with Crippen LogP contribution in [0.5, 0.6) is 0 Å². The average molecular weight is 377 g/mol. The third kappa shape index (κ3) is 3.97. The minimum absolute atomic E-state index is 0.0883. The lowest BCUT2D eigenvalue weighted by atomic mass is 9.94. The van der Waals surface area contributed by atoms with E-state index < -0.39 is 0 Å². The van der Waals surface area contributed by atoms with Crippen LogP contribution in [0.4, 0.5) is 0 Å². The molecule has 1 saturated heterocycles. The molecule has 2 aromatic carbocycles. The van der Waals surface area contributed by atoms with Crippen molar-refractivity contribution in [3.8, 4) is 0 Å². The van der Waals surface area contributed by atoms with Crippen molar-refractivity contribution in [1.82, 2.24) is 10.6 Å². The molecule has 1 heterocycles. The molecule has 4 nitrogen and oxygen atoms in total. The van der Waals surface area contributed by atoms with E-state index in [0.717, 1.165) is 11.1 Å². The molecule has 2 amide bonds. The second-order valence-corrected chi connectivity index (χ2v) is 7.06. The van der Waals surface area contributed by atoms with Gasteiger partial charge in [0.15, 0.2) is 0 Å². The molecule has 2 aromatic rings. The highest BCUT2D eigenvalue weighted by molar-refractivity contribution is 6.30. The Labute approximate surface area is 156 Å². The maximum atomic E-state index is 12.7. The summed E-state index contributed by atoms with van der Waals surface area (Å²) in [6.45, 7) is 2.13. The lowest BCUT2D eigenvalue weighted by molar-refractivity contribution is -0.129. The van der Waals surface area contributed by atoms with Crippen LogP contribution < -0.4 is 10.6 Å². The van der Waals surface area contributed by atoms with Gasteiger partial charge in [-0.15, -0.1) is 0 Å². The lowest BCUT2D eigenvalue weighted by Crippen LogP contribution is -2.37. The van der Waals surface area contributed by atoms with E-state index in [2.05, 4.69) is 10.6 Å². The van der Waals surface area contributed by atoms with Gasteiger partial charge in [0.2, 0.25) is 11.8 Å². The van der Waals surface area contributed by atoms with E-state index in [4.69, 9.17) is 23.2 Å². The first-order valence-corrected chi connectivity index (χ1v) is 8.80. The maximum Gasteiger partial charge on any atom is 0.226 e. The molecule has 1 aliphatic rings. The molecular weight excluding hydrogens is 359 g/mol. The molecule has 0 radical (unpaired) electrons. The number of benzene rings is 2. The molecular formula is C19H18Cl2N2O2. The Bertz CT molecular complexity index is 730.